The lowest BCUT2D eigenvalue weighted by Gasteiger charge is -2.08. The van der Waals surface area contributed by atoms with E-state index < -0.39 is 0 Å². The molecule has 2 rings (SSSR count). The van der Waals surface area contributed by atoms with Crippen molar-refractivity contribution in [1.82, 2.24) is 9.55 Å². The largest absolute Gasteiger partial charge is 0.331 e. The molecule has 3 heteroatoms. The predicted octanol–water partition coefficient (Wildman–Crippen LogP) is 2.28. The second kappa shape index (κ2) is 5.64. The van der Waals surface area contributed by atoms with Crippen molar-refractivity contribution in [2.24, 2.45) is 5.73 Å². The average molecular weight is 229 g/mol. The van der Waals surface area contributed by atoms with Crippen molar-refractivity contribution >= 4 is 0 Å². The highest BCUT2D eigenvalue weighted by Crippen LogP contribution is 2.08. The lowest BCUT2D eigenvalue weighted by atomic mass is 10.1. The number of rotatable bonds is 5. The van der Waals surface area contributed by atoms with Crippen molar-refractivity contribution in [3.8, 4) is 0 Å². The van der Waals surface area contributed by atoms with Gasteiger partial charge >= 0.3 is 0 Å². The quantitative estimate of drug-likeness (QED) is 0.854. The van der Waals surface area contributed by atoms with Crippen molar-refractivity contribution in [3.05, 3.63) is 53.6 Å². The lowest BCUT2D eigenvalue weighted by Crippen LogP contribution is -2.09. The molecule has 17 heavy (non-hydrogen) atoms. The van der Waals surface area contributed by atoms with Gasteiger partial charge in [0.1, 0.15) is 5.82 Å². The molecule has 0 aliphatic rings. The van der Waals surface area contributed by atoms with Crippen molar-refractivity contribution in [3.63, 3.8) is 0 Å². The van der Waals surface area contributed by atoms with Gasteiger partial charge in [0.2, 0.25) is 0 Å². The molecule has 0 aliphatic heterocycles. The van der Waals surface area contributed by atoms with E-state index in [-0.39, 0.29) is 0 Å². The maximum Gasteiger partial charge on any atom is 0.105 e. The van der Waals surface area contributed by atoms with Crippen LogP contribution in [0.15, 0.2) is 36.5 Å². The first-order valence-corrected chi connectivity index (χ1v) is 6.06. The van der Waals surface area contributed by atoms with E-state index in [0.29, 0.717) is 6.54 Å². The van der Waals surface area contributed by atoms with Gasteiger partial charge in [0.15, 0.2) is 0 Å². The SMILES string of the molecule is Cc1ncc(CN)n1CCCc1ccccc1. The molecule has 0 bridgehead atoms. The van der Waals surface area contributed by atoms with Crippen LogP contribution in [0.2, 0.25) is 0 Å². The highest BCUT2D eigenvalue weighted by Gasteiger charge is 2.04. The molecule has 2 aromatic rings. The summed E-state index contributed by atoms with van der Waals surface area (Å²) < 4.78 is 2.21. The first-order valence-electron chi connectivity index (χ1n) is 6.06. The third-order valence-electron chi connectivity index (χ3n) is 3.04. The van der Waals surface area contributed by atoms with Gasteiger partial charge in [-0.2, -0.15) is 0 Å². The van der Waals surface area contributed by atoms with E-state index in [2.05, 4.69) is 39.9 Å². The maximum atomic E-state index is 5.69. The van der Waals surface area contributed by atoms with Crippen LogP contribution in [-0.2, 0) is 19.5 Å². The van der Waals surface area contributed by atoms with Crippen molar-refractivity contribution < 1.29 is 0 Å². The molecule has 1 aromatic carbocycles. The Bertz CT molecular complexity index is 460. The summed E-state index contributed by atoms with van der Waals surface area (Å²) in [6.45, 7) is 3.58. The predicted molar refractivity (Wildman–Crippen MR) is 69.6 cm³/mol. The fraction of sp³-hybridized carbons (Fsp3) is 0.357. The zero-order chi connectivity index (χ0) is 12.1. The second-order valence-electron chi connectivity index (χ2n) is 4.24. The molecule has 0 fully saturated rings. The van der Waals surface area contributed by atoms with Gasteiger partial charge in [0.25, 0.3) is 0 Å². The van der Waals surface area contributed by atoms with E-state index in [4.69, 9.17) is 5.73 Å². The smallest absolute Gasteiger partial charge is 0.105 e. The van der Waals surface area contributed by atoms with Crippen LogP contribution in [0.5, 0.6) is 0 Å². The van der Waals surface area contributed by atoms with Crippen LogP contribution >= 0.6 is 0 Å². The van der Waals surface area contributed by atoms with Crippen LogP contribution in [0.3, 0.4) is 0 Å². The molecule has 0 spiro atoms. The Morgan fingerprint density at radius 1 is 1.24 bits per heavy atom. The van der Waals surface area contributed by atoms with E-state index in [1.54, 1.807) is 0 Å². The highest BCUT2D eigenvalue weighted by molar-refractivity contribution is 5.14. The molecule has 1 heterocycles. The molecule has 3 nitrogen and oxygen atoms in total. The molecule has 0 amide bonds. The van der Waals surface area contributed by atoms with Gasteiger partial charge in [-0.1, -0.05) is 30.3 Å². The Kier molecular flexibility index (Phi) is 3.94. The zero-order valence-electron chi connectivity index (χ0n) is 10.3. The Morgan fingerprint density at radius 2 is 2.00 bits per heavy atom. The second-order valence-corrected chi connectivity index (χ2v) is 4.24. The third kappa shape index (κ3) is 2.94. The minimum absolute atomic E-state index is 0.562. The molecule has 1 aromatic heterocycles. The fourth-order valence-corrected chi connectivity index (χ4v) is 2.07. The van der Waals surface area contributed by atoms with E-state index >= 15 is 0 Å². The Hall–Kier alpha value is -1.61. The summed E-state index contributed by atoms with van der Waals surface area (Å²) >= 11 is 0. The van der Waals surface area contributed by atoms with Gasteiger partial charge in [-0.15, -0.1) is 0 Å². The van der Waals surface area contributed by atoms with Gasteiger partial charge in [0, 0.05) is 19.3 Å². The number of imidazole rings is 1. The topological polar surface area (TPSA) is 43.8 Å². The normalized spacial score (nSPS) is 10.7. The summed E-state index contributed by atoms with van der Waals surface area (Å²) in [4.78, 5) is 4.30. The van der Waals surface area contributed by atoms with Crippen LogP contribution in [0.1, 0.15) is 23.5 Å². The van der Waals surface area contributed by atoms with Gasteiger partial charge in [-0.3, -0.25) is 0 Å². The van der Waals surface area contributed by atoms with Gasteiger partial charge in [-0.25, -0.2) is 4.98 Å². The van der Waals surface area contributed by atoms with Gasteiger partial charge in [0.05, 0.1) is 5.69 Å². The summed E-state index contributed by atoms with van der Waals surface area (Å²) in [5.74, 6) is 1.05. The number of hydrogen-bond acceptors (Lipinski definition) is 2. The van der Waals surface area contributed by atoms with E-state index in [1.165, 1.54) is 5.56 Å². The average Bonchev–Trinajstić information content (AvgIpc) is 2.72. The molecule has 90 valence electrons. The first-order chi connectivity index (χ1) is 8.31. The number of nitrogens with zero attached hydrogens (tertiary/aromatic N) is 2. The number of hydrogen-bond donors (Lipinski definition) is 1. The molecule has 0 radical (unpaired) electrons. The summed E-state index contributed by atoms with van der Waals surface area (Å²) in [6, 6.07) is 10.6. The van der Waals surface area contributed by atoms with E-state index in [1.807, 2.05) is 13.1 Å². The summed E-state index contributed by atoms with van der Waals surface area (Å²) in [5, 5.41) is 0. The molecule has 0 saturated heterocycles. The van der Waals surface area contributed by atoms with Crippen LogP contribution in [-0.4, -0.2) is 9.55 Å². The number of nitrogens with two attached hydrogens (primary N) is 1. The highest BCUT2D eigenvalue weighted by atomic mass is 15.1. The molecule has 2 N–H and O–H groups in total. The first kappa shape index (κ1) is 11.9. The Labute approximate surface area is 102 Å². The van der Waals surface area contributed by atoms with E-state index in [0.717, 1.165) is 30.9 Å². The lowest BCUT2D eigenvalue weighted by molar-refractivity contribution is 0.602. The van der Waals surface area contributed by atoms with Crippen LogP contribution in [0.4, 0.5) is 0 Å². The van der Waals surface area contributed by atoms with E-state index in [9.17, 15) is 0 Å². The monoisotopic (exact) mass is 229 g/mol. The van der Waals surface area contributed by atoms with Crippen molar-refractivity contribution in [2.45, 2.75) is 32.9 Å². The van der Waals surface area contributed by atoms with Gasteiger partial charge in [-0.05, 0) is 25.3 Å². The number of benzene rings is 1. The Balaban J connectivity index is 1.92. The molecule has 0 unspecified atom stereocenters. The molecular formula is C14H19N3. The minimum Gasteiger partial charge on any atom is -0.331 e. The zero-order valence-corrected chi connectivity index (χ0v) is 10.3. The molecule has 0 saturated carbocycles. The molecule has 0 atom stereocenters. The van der Waals surface area contributed by atoms with Gasteiger partial charge < -0.3 is 10.3 Å². The standard InChI is InChI=1S/C14H19N3/c1-12-16-11-14(10-15)17(12)9-5-8-13-6-3-2-4-7-13/h2-4,6-7,11H,5,8-10,15H2,1H3. The fourth-order valence-electron chi connectivity index (χ4n) is 2.07. The molecular weight excluding hydrogens is 210 g/mol. The van der Waals surface area contributed by atoms with Crippen LogP contribution < -0.4 is 5.73 Å². The van der Waals surface area contributed by atoms with Crippen LogP contribution in [0.25, 0.3) is 0 Å². The Morgan fingerprint density at radius 3 is 2.71 bits per heavy atom. The maximum absolute atomic E-state index is 5.69. The number of aromatic nitrogens is 2. The summed E-state index contributed by atoms with van der Waals surface area (Å²) in [6.07, 6.45) is 4.09. The third-order valence-corrected chi connectivity index (χ3v) is 3.04. The van der Waals surface area contributed by atoms with Crippen molar-refractivity contribution in [1.29, 1.82) is 0 Å². The number of aryl methyl sites for hydroxylation is 2. The molecule has 0 aliphatic carbocycles. The summed E-state index contributed by atoms with van der Waals surface area (Å²) in [5.41, 5.74) is 8.20. The van der Waals surface area contributed by atoms with Crippen molar-refractivity contribution in [2.75, 3.05) is 0 Å². The summed E-state index contributed by atoms with van der Waals surface area (Å²) in [7, 11) is 0. The van der Waals surface area contributed by atoms with Crippen LogP contribution in [0, 0.1) is 6.92 Å². The minimum atomic E-state index is 0.562.